The fourth-order valence-electron chi connectivity index (χ4n) is 2.76. The number of nitrogens with zero attached hydrogens (tertiary/aromatic N) is 1. The van der Waals surface area contributed by atoms with Gasteiger partial charge in [-0.25, -0.2) is 18.0 Å². The van der Waals surface area contributed by atoms with Crippen molar-refractivity contribution in [3.05, 3.63) is 85.0 Å². The predicted molar refractivity (Wildman–Crippen MR) is 114 cm³/mol. The van der Waals surface area contributed by atoms with Gasteiger partial charge in [-0.05, 0) is 37.3 Å². The van der Waals surface area contributed by atoms with Crippen LogP contribution in [0, 0.1) is 17.5 Å². The SMILES string of the molecule is CCOC(=O)/C=c1/s/c(=C/c2cccc(F)c2F)c(=O)n1CC(=O)Nc1cccc(F)c1. The molecule has 1 heterocycles. The van der Waals surface area contributed by atoms with Gasteiger partial charge >= 0.3 is 5.97 Å². The summed E-state index contributed by atoms with van der Waals surface area (Å²) in [5.41, 5.74) is -0.672. The van der Waals surface area contributed by atoms with Crippen LogP contribution in [-0.4, -0.2) is 23.1 Å². The number of thiazole rings is 1. The summed E-state index contributed by atoms with van der Waals surface area (Å²) in [7, 11) is 0. The Labute approximate surface area is 183 Å². The lowest BCUT2D eigenvalue weighted by Gasteiger charge is -2.06. The number of hydrogen-bond acceptors (Lipinski definition) is 5. The second-order valence-corrected chi connectivity index (χ2v) is 7.50. The van der Waals surface area contributed by atoms with E-state index in [0.717, 1.165) is 40.2 Å². The first kappa shape index (κ1) is 23.0. The normalized spacial score (nSPS) is 12.1. The van der Waals surface area contributed by atoms with Crippen molar-refractivity contribution in [2.75, 3.05) is 11.9 Å². The van der Waals surface area contributed by atoms with Crippen molar-refractivity contribution in [2.45, 2.75) is 13.5 Å². The summed E-state index contributed by atoms with van der Waals surface area (Å²) >= 11 is 0.810. The average molecular weight is 462 g/mol. The summed E-state index contributed by atoms with van der Waals surface area (Å²) in [5.74, 6) is -4.16. The molecule has 0 aliphatic rings. The van der Waals surface area contributed by atoms with Gasteiger partial charge in [0.05, 0.1) is 17.2 Å². The molecule has 6 nitrogen and oxygen atoms in total. The van der Waals surface area contributed by atoms with Gasteiger partial charge in [0.15, 0.2) is 11.6 Å². The van der Waals surface area contributed by atoms with E-state index in [2.05, 4.69) is 5.32 Å². The van der Waals surface area contributed by atoms with Crippen LogP contribution in [0.15, 0.2) is 47.3 Å². The van der Waals surface area contributed by atoms with E-state index in [4.69, 9.17) is 4.74 Å². The smallest absolute Gasteiger partial charge is 0.333 e. The number of hydrogen-bond donors (Lipinski definition) is 1. The molecule has 166 valence electrons. The Morgan fingerprint density at radius 2 is 1.91 bits per heavy atom. The highest BCUT2D eigenvalue weighted by atomic mass is 32.1. The van der Waals surface area contributed by atoms with Gasteiger partial charge in [-0.3, -0.25) is 14.2 Å². The van der Waals surface area contributed by atoms with Gasteiger partial charge in [0.25, 0.3) is 5.56 Å². The molecule has 0 atom stereocenters. The van der Waals surface area contributed by atoms with Crippen molar-refractivity contribution in [1.29, 1.82) is 0 Å². The van der Waals surface area contributed by atoms with Crippen LogP contribution in [0.1, 0.15) is 12.5 Å². The number of anilines is 1. The second-order valence-electron chi connectivity index (χ2n) is 6.44. The maximum atomic E-state index is 14.0. The minimum atomic E-state index is -1.13. The molecule has 3 rings (SSSR count). The number of carbonyl (C=O) groups excluding carboxylic acids is 2. The number of aromatic nitrogens is 1. The van der Waals surface area contributed by atoms with Gasteiger partial charge in [-0.1, -0.05) is 18.2 Å². The Balaban J connectivity index is 2.04. The van der Waals surface area contributed by atoms with Crippen LogP contribution in [-0.2, 0) is 20.9 Å². The molecule has 32 heavy (non-hydrogen) atoms. The molecular formula is C22H17F3N2O4S. The Bertz CT molecular complexity index is 1350. The number of amides is 1. The van der Waals surface area contributed by atoms with E-state index in [1.54, 1.807) is 6.92 Å². The Morgan fingerprint density at radius 3 is 2.62 bits per heavy atom. The largest absolute Gasteiger partial charge is 0.463 e. The molecule has 0 spiro atoms. The molecule has 0 bridgehead atoms. The van der Waals surface area contributed by atoms with Gasteiger partial charge in [-0.2, -0.15) is 0 Å². The summed E-state index contributed by atoms with van der Waals surface area (Å²) in [4.78, 5) is 37.2. The second kappa shape index (κ2) is 10.1. The van der Waals surface area contributed by atoms with Crippen molar-refractivity contribution < 1.29 is 27.5 Å². The highest BCUT2D eigenvalue weighted by Crippen LogP contribution is 2.12. The third-order valence-corrected chi connectivity index (χ3v) is 5.20. The van der Waals surface area contributed by atoms with Crippen LogP contribution < -0.4 is 20.1 Å². The molecule has 0 fully saturated rings. The molecule has 10 heteroatoms. The fraction of sp³-hybridized carbons (Fsp3) is 0.136. The highest BCUT2D eigenvalue weighted by Gasteiger charge is 2.13. The van der Waals surface area contributed by atoms with Gasteiger partial charge in [0, 0.05) is 11.3 Å². The minimum Gasteiger partial charge on any atom is -0.463 e. The van der Waals surface area contributed by atoms with E-state index in [1.807, 2.05) is 0 Å². The van der Waals surface area contributed by atoms with Crippen molar-refractivity contribution in [2.24, 2.45) is 0 Å². The Morgan fingerprint density at radius 1 is 1.16 bits per heavy atom. The van der Waals surface area contributed by atoms with Crippen LogP contribution >= 0.6 is 11.3 Å². The maximum absolute atomic E-state index is 14.0. The van der Waals surface area contributed by atoms with Gasteiger partial charge in [0.1, 0.15) is 17.0 Å². The molecule has 2 aromatic carbocycles. The zero-order valence-corrected chi connectivity index (χ0v) is 17.5. The lowest BCUT2D eigenvalue weighted by molar-refractivity contribution is -0.135. The monoisotopic (exact) mass is 462 g/mol. The number of carbonyl (C=O) groups is 2. The zero-order chi connectivity index (χ0) is 23.3. The molecule has 0 radical (unpaired) electrons. The van der Waals surface area contributed by atoms with E-state index in [-0.39, 0.29) is 27.1 Å². The minimum absolute atomic E-state index is 0.0244. The molecule has 3 aromatic rings. The third-order valence-electron chi connectivity index (χ3n) is 4.14. The van der Waals surface area contributed by atoms with Gasteiger partial charge in [0.2, 0.25) is 5.91 Å². The number of rotatable bonds is 6. The summed E-state index contributed by atoms with van der Waals surface area (Å²) in [5, 5.41) is 2.46. The molecule has 0 aliphatic heterocycles. The molecule has 0 saturated heterocycles. The summed E-state index contributed by atoms with van der Waals surface area (Å²) in [6.45, 7) is 1.20. The maximum Gasteiger partial charge on any atom is 0.333 e. The topological polar surface area (TPSA) is 77.4 Å². The van der Waals surface area contributed by atoms with E-state index >= 15 is 0 Å². The van der Waals surface area contributed by atoms with Crippen molar-refractivity contribution in [1.82, 2.24) is 4.57 Å². The molecule has 0 unspecified atom stereocenters. The van der Waals surface area contributed by atoms with Crippen molar-refractivity contribution in [3.8, 4) is 0 Å². The zero-order valence-electron chi connectivity index (χ0n) is 16.7. The number of halogens is 3. The molecule has 1 amide bonds. The summed E-state index contributed by atoms with van der Waals surface area (Å²) in [6.07, 6.45) is 2.17. The number of esters is 1. The average Bonchev–Trinajstić information content (AvgIpc) is 3.00. The summed E-state index contributed by atoms with van der Waals surface area (Å²) in [6, 6.07) is 8.69. The van der Waals surface area contributed by atoms with E-state index in [1.165, 1.54) is 30.3 Å². The molecule has 0 aliphatic carbocycles. The van der Waals surface area contributed by atoms with E-state index in [9.17, 15) is 27.6 Å². The molecule has 1 aromatic heterocycles. The Kier molecular flexibility index (Phi) is 7.26. The lowest BCUT2D eigenvalue weighted by Crippen LogP contribution is -2.36. The third kappa shape index (κ3) is 5.52. The molecular weight excluding hydrogens is 445 g/mol. The van der Waals surface area contributed by atoms with Crippen LogP contribution in [0.2, 0.25) is 0 Å². The van der Waals surface area contributed by atoms with Crippen LogP contribution in [0.5, 0.6) is 0 Å². The predicted octanol–water partition coefficient (Wildman–Crippen LogP) is 2.14. The first-order valence-electron chi connectivity index (χ1n) is 9.37. The van der Waals surface area contributed by atoms with Crippen molar-refractivity contribution in [3.63, 3.8) is 0 Å². The van der Waals surface area contributed by atoms with Gasteiger partial charge < -0.3 is 10.1 Å². The van der Waals surface area contributed by atoms with Crippen LogP contribution in [0.4, 0.5) is 18.9 Å². The quantitative estimate of drug-likeness (QED) is 0.570. The standard InChI is InChI=1S/C22H17F3N2O4S/c1-2-31-20(29)11-19-27(12-18(28)26-15-7-4-6-14(23)10-15)22(30)17(32-19)9-13-5-3-8-16(24)21(13)25/h3-11H,2,12H2,1H3,(H,26,28)/b17-9+,19-11+. The highest BCUT2D eigenvalue weighted by molar-refractivity contribution is 7.07. The number of ether oxygens (including phenoxy) is 1. The van der Waals surface area contributed by atoms with Crippen molar-refractivity contribution >= 4 is 41.1 Å². The number of benzene rings is 2. The molecule has 0 saturated carbocycles. The Hall–Kier alpha value is -3.66. The van der Waals surface area contributed by atoms with E-state index < -0.39 is 41.4 Å². The number of nitrogens with one attached hydrogen (secondary N) is 1. The fourth-order valence-corrected chi connectivity index (χ4v) is 3.78. The lowest BCUT2D eigenvalue weighted by atomic mass is 10.2. The van der Waals surface area contributed by atoms with Crippen LogP contribution in [0.25, 0.3) is 12.2 Å². The van der Waals surface area contributed by atoms with Gasteiger partial charge in [-0.15, -0.1) is 11.3 Å². The molecule has 1 N–H and O–H groups in total. The first-order chi connectivity index (χ1) is 15.3. The van der Waals surface area contributed by atoms with E-state index in [0.29, 0.717) is 0 Å². The summed E-state index contributed by atoms with van der Waals surface area (Å²) < 4.78 is 46.8. The van der Waals surface area contributed by atoms with Crippen LogP contribution in [0.3, 0.4) is 0 Å². The first-order valence-corrected chi connectivity index (χ1v) is 10.2.